The largest absolute Gasteiger partial charge is 0.296 e. The summed E-state index contributed by atoms with van der Waals surface area (Å²) >= 11 is 0. The lowest BCUT2D eigenvalue weighted by Crippen LogP contribution is -2.55. The highest BCUT2D eigenvalue weighted by Gasteiger charge is 2.76. The molecule has 2 amide bonds. The summed E-state index contributed by atoms with van der Waals surface area (Å²) in [5.74, 6) is -0.799. The van der Waals surface area contributed by atoms with Crippen LogP contribution in [0.15, 0.2) is 72.1 Å². The zero-order valence-electron chi connectivity index (χ0n) is 22.1. The van der Waals surface area contributed by atoms with Crippen molar-refractivity contribution < 1.29 is 22.8 Å². The second-order valence-electron chi connectivity index (χ2n) is 11.2. The summed E-state index contributed by atoms with van der Waals surface area (Å²) in [6, 6.07) is 14.4. The molecule has 2 aliphatic carbocycles. The molecule has 3 fully saturated rings. The maximum absolute atomic E-state index is 14.2. The second kappa shape index (κ2) is 9.63. The predicted molar refractivity (Wildman–Crippen MR) is 142 cm³/mol. The Bertz CT molecular complexity index is 1340. The Kier molecular flexibility index (Phi) is 6.74. The minimum atomic E-state index is -4.34. The number of fused-ring (bicyclic) bond motifs is 1. The van der Waals surface area contributed by atoms with Gasteiger partial charge in [0.15, 0.2) is 0 Å². The van der Waals surface area contributed by atoms with E-state index in [0.29, 0.717) is 12.8 Å². The molecule has 1 saturated heterocycles. The number of amides is 2. The van der Waals surface area contributed by atoms with Crippen LogP contribution in [-0.4, -0.2) is 41.7 Å². The molecule has 2 bridgehead atoms. The first-order valence-corrected chi connectivity index (χ1v) is 14.5. The van der Waals surface area contributed by atoms with Gasteiger partial charge in [-0.3, -0.25) is 14.4 Å². The average molecular weight is 538 g/mol. The van der Waals surface area contributed by atoms with E-state index in [-0.39, 0.29) is 23.8 Å². The fourth-order valence-corrected chi connectivity index (χ4v) is 8.25. The summed E-state index contributed by atoms with van der Waals surface area (Å²) in [6.07, 6.45) is 3.75. The van der Waals surface area contributed by atoms with Gasteiger partial charge in [-0.15, -0.1) is 11.0 Å². The first-order valence-electron chi connectivity index (χ1n) is 13.1. The van der Waals surface area contributed by atoms with Crippen molar-refractivity contribution in [1.82, 2.24) is 14.9 Å². The van der Waals surface area contributed by atoms with Gasteiger partial charge in [-0.25, -0.2) is 5.01 Å². The minimum Gasteiger partial charge on any atom is -0.296 e. The molecule has 1 spiro atoms. The Morgan fingerprint density at radius 2 is 1.87 bits per heavy atom. The molecule has 202 valence electrons. The van der Waals surface area contributed by atoms with Crippen molar-refractivity contribution in [3.8, 4) is 0 Å². The van der Waals surface area contributed by atoms with Crippen LogP contribution in [0.25, 0.3) is 0 Å². The van der Waals surface area contributed by atoms with E-state index in [1.807, 2.05) is 51.1 Å². The molecule has 1 heterocycles. The molecular formula is C29H35N3O5S. The van der Waals surface area contributed by atoms with Crippen LogP contribution in [0.4, 0.5) is 0 Å². The van der Waals surface area contributed by atoms with Gasteiger partial charge in [-0.1, -0.05) is 68.0 Å². The number of hydrogen-bond acceptors (Lipinski definition) is 6. The molecule has 3 aliphatic rings. The Labute approximate surface area is 224 Å². The molecule has 2 aromatic rings. The summed E-state index contributed by atoms with van der Waals surface area (Å²) in [7, 11) is -4.34. The van der Waals surface area contributed by atoms with Gasteiger partial charge in [0.2, 0.25) is 0 Å². The van der Waals surface area contributed by atoms with Crippen molar-refractivity contribution in [3.63, 3.8) is 0 Å². The summed E-state index contributed by atoms with van der Waals surface area (Å²) in [5, 5.41) is 1.23. The highest BCUT2D eigenvalue weighted by molar-refractivity contribution is 7.89. The Hall–Kier alpha value is -3.01. The molecule has 38 heavy (non-hydrogen) atoms. The molecule has 1 aliphatic heterocycles. The standard InChI is InChI=1S/C29H35N3O5S/c1-5-9-24(30-37-19-21-10-7-6-8-11-21)26(33)31-25-18-22-16-17-29(25,28(22,3)4)27(34)32(31)38(35,36)23-14-12-20(2)13-15-23/h5-8,10-15,22,24-25,30H,1,9,16-19H2,2-4H3/t22-,24+,25-,29+/m1/s1. The zero-order chi connectivity index (χ0) is 27.3. The SMILES string of the molecule is C=CC[C@H](NOCc1ccccc1)C(=O)N1[C@@H]2C[C@H]3CC[C@]2(C(=O)N1S(=O)(=O)c1ccc(C)cc1)C3(C)C. The summed E-state index contributed by atoms with van der Waals surface area (Å²) in [5.41, 5.74) is 3.25. The van der Waals surface area contributed by atoms with Crippen LogP contribution in [0.3, 0.4) is 0 Å². The maximum Gasteiger partial charge on any atom is 0.284 e. The summed E-state index contributed by atoms with van der Waals surface area (Å²) < 4.78 is 28.8. The van der Waals surface area contributed by atoms with Crippen LogP contribution in [0.1, 0.15) is 50.7 Å². The van der Waals surface area contributed by atoms with Crippen molar-refractivity contribution in [2.75, 3.05) is 0 Å². The van der Waals surface area contributed by atoms with Gasteiger partial charge >= 0.3 is 0 Å². The molecule has 0 unspecified atom stereocenters. The van der Waals surface area contributed by atoms with Crippen LogP contribution < -0.4 is 5.48 Å². The lowest BCUT2D eigenvalue weighted by molar-refractivity contribution is -0.153. The summed E-state index contributed by atoms with van der Waals surface area (Å²) in [4.78, 5) is 34.1. The maximum atomic E-state index is 14.2. The van der Waals surface area contributed by atoms with Gasteiger partial charge in [0, 0.05) is 0 Å². The third-order valence-corrected chi connectivity index (χ3v) is 10.6. The van der Waals surface area contributed by atoms with Crippen LogP contribution >= 0.6 is 0 Å². The van der Waals surface area contributed by atoms with Gasteiger partial charge < -0.3 is 0 Å². The molecule has 4 atom stereocenters. The first-order chi connectivity index (χ1) is 18.1. The van der Waals surface area contributed by atoms with Crippen molar-refractivity contribution in [1.29, 1.82) is 0 Å². The Balaban J connectivity index is 1.51. The topological polar surface area (TPSA) is 96.0 Å². The highest BCUT2D eigenvalue weighted by Crippen LogP contribution is 2.70. The number of sulfonamides is 1. The number of carbonyl (C=O) groups excluding carboxylic acids is 2. The van der Waals surface area contributed by atoms with E-state index in [4.69, 9.17) is 4.84 Å². The van der Waals surface area contributed by atoms with Crippen molar-refractivity contribution in [2.45, 2.75) is 70.0 Å². The monoisotopic (exact) mass is 537 g/mol. The van der Waals surface area contributed by atoms with E-state index < -0.39 is 44.8 Å². The number of hydroxylamine groups is 1. The van der Waals surface area contributed by atoms with Crippen LogP contribution in [0.5, 0.6) is 0 Å². The van der Waals surface area contributed by atoms with Crippen molar-refractivity contribution in [3.05, 3.63) is 78.4 Å². The van der Waals surface area contributed by atoms with Gasteiger partial charge in [-0.2, -0.15) is 13.9 Å². The smallest absolute Gasteiger partial charge is 0.284 e. The van der Waals surface area contributed by atoms with E-state index >= 15 is 0 Å². The normalized spacial score (nSPS) is 26.4. The molecule has 0 aromatic heterocycles. The van der Waals surface area contributed by atoms with Crippen LogP contribution in [-0.2, 0) is 31.1 Å². The van der Waals surface area contributed by atoms with Gasteiger partial charge in [0.1, 0.15) is 6.04 Å². The number of rotatable bonds is 9. The van der Waals surface area contributed by atoms with Gasteiger partial charge in [0.25, 0.3) is 21.8 Å². The third kappa shape index (κ3) is 3.90. The van der Waals surface area contributed by atoms with E-state index in [0.717, 1.165) is 22.0 Å². The van der Waals surface area contributed by atoms with Crippen LogP contribution in [0, 0.1) is 23.7 Å². The van der Waals surface area contributed by atoms with E-state index in [9.17, 15) is 18.0 Å². The lowest BCUT2D eigenvalue weighted by atomic mass is 9.68. The zero-order valence-corrected chi connectivity index (χ0v) is 22.9. The number of hydrazine groups is 1. The molecule has 9 heteroatoms. The molecule has 0 radical (unpaired) electrons. The lowest BCUT2D eigenvalue weighted by Gasteiger charge is -2.35. The van der Waals surface area contributed by atoms with Gasteiger partial charge in [0.05, 0.1) is 23.0 Å². The minimum absolute atomic E-state index is 0.0217. The molecule has 8 nitrogen and oxygen atoms in total. The number of hydrogen-bond donors (Lipinski definition) is 1. The molecule has 1 N–H and O–H groups in total. The number of benzene rings is 2. The van der Waals surface area contributed by atoms with E-state index in [2.05, 4.69) is 12.1 Å². The average Bonchev–Trinajstić information content (AvgIpc) is 3.42. The number of nitrogens with one attached hydrogen (secondary N) is 1. The Morgan fingerprint density at radius 3 is 2.50 bits per heavy atom. The van der Waals surface area contributed by atoms with Crippen LogP contribution in [0.2, 0.25) is 0 Å². The van der Waals surface area contributed by atoms with Crippen molar-refractivity contribution >= 4 is 21.8 Å². The van der Waals surface area contributed by atoms with E-state index in [1.165, 1.54) is 17.1 Å². The van der Waals surface area contributed by atoms with E-state index in [1.54, 1.807) is 18.2 Å². The molecular weight excluding hydrogens is 502 g/mol. The van der Waals surface area contributed by atoms with Gasteiger partial charge in [-0.05, 0) is 61.6 Å². The highest BCUT2D eigenvalue weighted by atomic mass is 32.2. The second-order valence-corrected chi connectivity index (χ2v) is 13.0. The van der Waals surface area contributed by atoms with Crippen molar-refractivity contribution in [2.24, 2.45) is 16.7 Å². The molecule has 5 rings (SSSR count). The number of carbonyl (C=O) groups is 2. The quantitative estimate of drug-likeness (QED) is 0.382. The first kappa shape index (κ1) is 26.6. The predicted octanol–water partition coefficient (Wildman–Crippen LogP) is 4.13. The fourth-order valence-electron chi connectivity index (χ4n) is 6.76. The Morgan fingerprint density at radius 1 is 1.18 bits per heavy atom. The third-order valence-electron chi connectivity index (χ3n) is 8.96. The molecule has 2 saturated carbocycles. The fraction of sp³-hybridized carbons (Fsp3) is 0.448. The summed E-state index contributed by atoms with van der Waals surface area (Å²) in [6.45, 7) is 9.93. The number of aryl methyl sites for hydroxylation is 1. The molecule has 2 aromatic carbocycles. The number of nitrogens with zero attached hydrogens (tertiary/aromatic N) is 2.